The molecular formula is C11H14N6. The van der Waals surface area contributed by atoms with E-state index in [-0.39, 0.29) is 0 Å². The number of aryl methyl sites for hydroxylation is 2. The Bertz CT molecular complexity index is 528. The summed E-state index contributed by atoms with van der Waals surface area (Å²) >= 11 is 0. The smallest absolute Gasteiger partial charge is 0.139 e. The maximum Gasteiger partial charge on any atom is 0.139 e. The maximum absolute atomic E-state index is 4.41. The van der Waals surface area contributed by atoms with Crippen LogP contribution in [0.2, 0.25) is 0 Å². The van der Waals surface area contributed by atoms with Gasteiger partial charge in [-0.3, -0.25) is 0 Å². The van der Waals surface area contributed by atoms with Crippen LogP contribution in [0.5, 0.6) is 0 Å². The Kier molecular flexibility index (Phi) is 2.28. The SMILES string of the molecule is Cc1nccc(N2CC(c3nncn3C)C2)n1. The summed E-state index contributed by atoms with van der Waals surface area (Å²) in [6.45, 7) is 3.80. The van der Waals surface area contributed by atoms with E-state index in [9.17, 15) is 0 Å². The van der Waals surface area contributed by atoms with Gasteiger partial charge >= 0.3 is 0 Å². The molecule has 0 aromatic carbocycles. The first-order valence-corrected chi connectivity index (χ1v) is 5.62. The van der Waals surface area contributed by atoms with Crippen LogP contribution in [-0.2, 0) is 7.05 Å². The molecule has 1 aliphatic heterocycles. The van der Waals surface area contributed by atoms with E-state index < -0.39 is 0 Å². The third kappa shape index (κ3) is 1.75. The molecule has 2 aromatic heterocycles. The lowest BCUT2D eigenvalue weighted by molar-refractivity contribution is 0.482. The molecule has 0 atom stereocenters. The van der Waals surface area contributed by atoms with E-state index in [0.717, 1.165) is 30.6 Å². The Hall–Kier alpha value is -1.98. The summed E-state index contributed by atoms with van der Waals surface area (Å²) in [6.07, 6.45) is 3.54. The molecule has 0 radical (unpaired) electrons. The predicted octanol–water partition coefficient (Wildman–Crippen LogP) is 0.517. The van der Waals surface area contributed by atoms with Gasteiger partial charge in [0.1, 0.15) is 23.8 Å². The zero-order valence-electron chi connectivity index (χ0n) is 9.91. The lowest BCUT2D eigenvalue weighted by atomic mass is 9.99. The third-order valence-corrected chi connectivity index (χ3v) is 3.08. The molecule has 6 nitrogen and oxygen atoms in total. The number of anilines is 1. The van der Waals surface area contributed by atoms with E-state index in [1.54, 1.807) is 12.5 Å². The standard InChI is InChI=1S/C11H14N6/c1-8-12-4-3-10(14-8)17-5-9(6-17)11-15-13-7-16(11)2/h3-4,7,9H,5-6H2,1-2H3. The van der Waals surface area contributed by atoms with Crippen LogP contribution in [-0.4, -0.2) is 37.8 Å². The van der Waals surface area contributed by atoms with Crippen molar-refractivity contribution < 1.29 is 0 Å². The molecule has 3 heterocycles. The van der Waals surface area contributed by atoms with Gasteiger partial charge in [0.25, 0.3) is 0 Å². The van der Waals surface area contributed by atoms with E-state index in [0.29, 0.717) is 5.92 Å². The van der Waals surface area contributed by atoms with Gasteiger partial charge in [0.15, 0.2) is 0 Å². The highest BCUT2D eigenvalue weighted by molar-refractivity contribution is 5.42. The summed E-state index contributed by atoms with van der Waals surface area (Å²) in [6, 6.07) is 1.94. The summed E-state index contributed by atoms with van der Waals surface area (Å²) in [5.74, 6) is 3.31. The van der Waals surface area contributed by atoms with Crippen molar-refractivity contribution in [3.05, 3.63) is 30.2 Å². The van der Waals surface area contributed by atoms with Crippen molar-refractivity contribution in [2.24, 2.45) is 7.05 Å². The molecule has 1 aliphatic rings. The van der Waals surface area contributed by atoms with Gasteiger partial charge in [0.2, 0.25) is 0 Å². The van der Waals surface area contributed by atoms with Gasteiger partial charge in [-0.05, 0) is 13.0 Å². The molecule has 88 valence electrons. The van der Waals surface area contributed by atoms with Crippen molar-refractivity contribution >= 4 is 5.82 Å². The van der Waals surface area contributed by atoms with Gasteiger partial charge in [-0.1, -0.05) is 0 Å². The fourth-order valence-corrected chi connectivity index (χ4v) is 2.11. The van der Waals surface area contributed by atoms with Crippen LogP contribution >= 0.6 is 0 Å². The van der Waals surface area contributed by atoms with Crippen LogP contribution in [0.1, 0.15) is 17.6 Å². The highest BCUT2D eigenvalue weighted by Gasteiger charge is 2.32. The van der Waals surface area contributed by atoms with Crippen LogP contribution in [0.25, 0.3) is 0 Å². The van der Waals surface area contributed by atoms with Crippen molar-refractivity contribution in [1.29, 1.82) is 0 Å². The fourth-order valence-electron chi connectivity index (χ4n) is 2.11. The predicted molar refractivity (Wildman–Crippen MR) is 62.7 cm³/mol. The quantitative estimate of drug-likeness (QED) is 0.752. The molecule has 0 aliphatic carbocycles. The summed E-state index contributed by atoms with van der Waals surface area (Å²) < 4.78 is 1.98. The van der Waals surface area contributed by atoms with Crippen molar-refractivity contribution in [2.45, 2.75) is 12.8 Å². The molecule has 0 saturated carbocycles. The number of nitrogens with zero attached hydrogens (tertiary/aromatic N) is 6. The van der Waals surface area contributed by atoms with Crippen molar-refractivity contribution in [2.75, 3.05) is 18.0 Å². The number of rotatable bonds is 2. The van der Waals surface area contributed by atoms with Crippen LogP contribution < -0.4 is 4.90 Å². The number of aromatic nitrogens is 5. The Labute approximate surface area is 99.3 Å². The molecule has 0 amide bonds. The first-order valence-electron chi connectivity index (χ1n) is 5.62. The Morgan fingerprint density at radius 3 is 2.82 bits per heavy atom. The molecule has 0 spiro atoms. The van der Waals surface area contributed by atoms with Crippen LogP contribution in [0.15, 0.2) is 18.6 Å². The summed E-state index contributed by atoms with van der Waals surface area (Å²) in [4.78, 5) is 10.7. The molecular weight excluding hydrogens is 216 g/mol. The molecule has 0 N–H and O–H groups in total. The first kappa shape index (κ1) is 10.2. The lowest BCUT2D eigenvalue weighted by Crippen LogP contribution is -2.46. The van der Waals surface area contributed by atoms with Gasteiger partial charge in [0.05, 0.1) is 5.92 Å². The summed E-state index contributed by atoms with van der Waals surface area (Å²) in [5.41, 5.74) is 0. The Morgan fingerprint density at radius 2 is 2.18 bits per heavy atom. The normalized spacial score (nSPS) is 16.0. The minimum atomic E-state index is 0.456. The molecule has 1 saturated heterocycles. The second-order valence-electron chi connectivity index (χ2n) is 4.36. The Balaban J connectivity index is 1.71. The number of hydrogen-bond donors (Lipinski definition) is 0. The van der Waals surface area contributed by atoms with Crippen molar-refractivity contribution in [1.82, 2.24) is 24.7 Å². The maximum atomic E-state index is 4.41. The highest BCUT2D eigenvalue weighted by Crippen LogP contribution is 2.28. The first-order chi connectivity index (χ1) is 8.24. The zero-order valence-corrected chi connectivity index (χ0v) is 9.91. The minimum Gasteiger partial charge on any atom is -0.355 e. The third-order valence-electron chi connectivity index (χ3n) is 3.08. The van der Waals surface area contributed by atoms with Crippen molar-refractivity contribution in [3.63, 3.8) is 0 Å². The second-order valence-corrected chi connectivity index (χ2v) is 4.36. The molecule has 0 unspecified atom stereocenters. The Morgan fingerprint density at radius 1 is 1.35 bits per heavy atom. The zero-order chi connectivity index (χ0) is 11.8. The van der Waals surface area contributed by atoms with Gasteiger partial charge < -0.3 is 9.47 Å². The molecule has 2 aromatic rings. The minimum absolute atomic E-state index is 0.456. The van der Waals surface area contributed by atoms with Gasteiger partial charge in [-0.2, -0.15) is 0 Å². The topological polar surface area (TPSA) is 59.7 Å². The van der Waals surface area contributed by atoms with Gasteiger partial charge in [0, 0.05) is 26.3 Å². The molecule has 1 fully saturated rings. The molecule has 3 rings (SSSR count). The van der Waals surface area contributed by atoms with E-state index in [4.69, 9.17) is 0 Å². The molecule has 6 heteroatoms. The monoisotopic (exact) mass is 230 g/mol. The van der Waals surface area contributed by atoms with Crippen LogP contribution in [0, 0.1) is 6.92 Å². The number of hydrogen-bond acceptors (Lipinski definition) is 5. The second kappa shape index (κ2) is 3.80. The largest absolute Gasteiger partial charge is 0.355 e. The highest BCUT2D eigenvalue weighted by atomic mass is 15.3. The molecule has 0 bridgehead atoms. The van der Waals surface area contributed by atoms with E-state index in [1.807, 2.05) is 24.6 Å². The molecule has 17 heavy (non-hydrogen) atoms. The lowest BCUT2D eigenvalue weighted by Gasteiger charge is -2.39. The van der Waals surface area contributed by atoms with Crippen LogP contribution in [0.3, 0.4) is 0 Å². The van der Waals surface area contributed by atoms with Gasteiger partial charge in [-0.25, -0.2) is 9.97 Å². The van der Waals surface area contributed by atoms with Crippen LogP contribution in [0.4, 0.5) is 5.82 Å². The average Bonchev–Trinajstić information content (AvgIpc) is 2.63. The average molecular weight is 230 g/mol. The van der Waals surface area contributed by atoms with E-state index in [2.05, 4.69) is 25.1 Å². The van der Waals surface area contributed by atoms with E-state index in [1.165, 1.54) is 0 Å². The summed E-state index contributed by atoms with van der Waals surface area (Å²) in [5, 5.41) is 8.04. The van der Waals surface area contributed by atoms with Crippen molar-refractivity contribution in [3.8, 4) is 0 Å². The summed E-state index contributed by atoms with van der Waals surface area (Å²) in [7, 11) is 1.98. The fraction of sp³-hybridized carbons (Fsp3) is 0.455. The van der Waals surface area contributed by atoms with Gasteiger partial charge in [-0.15, -0.1) is 10.2 Å². The van der Waals surface area contributed by atoms with E-state index >= 15 is 0 Å².